The number of carboxylic acids is 1. The van der Waals surface area contributed by atoms with Crippen LogP contribution < -0.4 is 0 Å². The van der Waals surface area contributed by atoms with Crippen LogP contribution in [-0.4, -0.2) is 16.1 Å². The van der Waals surface area contributed by atoms with Gasteiger partial charge < -0.3 is 5.11 Å². The molecule has 5 heteroatoms. The molecule has 0 saturated heterocycles. The molecule has 0 saturated carbocycles. The van der Waals surface area contributed by atoms with E-state index in [4.69, 9.17) is 0 Å². The number of rotatable bonds is 3. The number of nitrogens with zero attached hydrogens (tertiary/aromatic N) is 1. The first-order chi connectivity index (χ1) is 10.5. The molecule has 0 spiro atoms. The van der Waals surface area contributed by atoms with Gasteiger partial charge in [0.2, 0.25) is 0 Å². The zero-order valence-electron chi connectivity index (χ0n) is 11.7. The molecule has 0 bridgehead atoms. The van der Waals surface area contributed by atoms with Crippen molar-refractivity contribution in [3.63, 3.8) is 0 Å². The minimum Gasteiger partial charge on any atom is -0.478 e. The van der Waals surface area contributed by atoms with Gasteiger partial charge in [0.15, 0.2) is 0 Å². The van der Waals surface area contributed by atoms with Crippen LogP contribution in [0.2, 0.25) is 0 Å². The van der Waals surface area contributed by atoms with Crippen molar-refractivity contribution in [2.45, 2.75) is 6.92 Å². The van der Waals surface area contributed by atoms with Gasteiger partial charge in [-0.05, 0) is 60.4 Å². The molecule has 2 heterocycles. The van der Waals surface area contributed by atoms with Crippen LogP contribution in [0.5, 0.6) is 0 Å². The number of hydrogen-bond donors (Lipinski definition) is 1. The Kier molecular flexibility index (Phi) is 4.09. The normalized spacial score (nSPS) is 11.4. The lowest BCUT2D eigenvalue weighted by Gasteiger charge is -2.05. The van der Waals surface area contributed by atoms with Crippen molar-refractivity contribution < 1.29 is 9.90 Å². The van der Waals surface area contributed by atoms with Crippen LogP contribution in [0.4, 0.5) is 0 Å². The van der Waals surface area contributed by atoms with Crippen molar-refractivity contribution >= 4 is 56.3 Å². The summed E-state index contributed by atoms with van der Waals surface area (Å²) in [6.45, 7) is 2.05. The van der Waals surface area contributed by atoms with Crippen molar-refractivity contribution in [2.24, 2.45) is 0 Å². The van der Waals surface area contributed by atoms with Gasteiger partial charge in [-0.1, -0.05) is 15.9 Å². The monoisotopic (exact) mass is 373 g/mol. The van der Waals surface area contributed by atoms with Crippen LogP contribution >= 0.6 is 27.3 Å². The Balaban J connectivity index is 2.11. The van der Waals surface area contributed by atoms with Crippen molar-refractivity contribution in [3.8, 4) is 0 Å². The van der Waals surface area contributed by atoms with E-state index in [1.165, 1.54) is 5.56 Å². The summed E-state index contributed by atoms with van der Waals surface area (Å²) in [7, 11) is 0. The smallest absolute Gasteiger partial charge is 0.336 e. The van der Waals surface area contributed by atoms with E-state index in [-0.39, 0.29) is 5.56 Å². The maximum Gasteiger partial charge on any atom is 0.336 e. The third-order valence-electron chi connectivity index (χ3n) is 3.33. The lowest BCUT2D eigenvalue weighted by Crippen LogP contribution is -2.00. The molecule has 0 amide bonds. The first kappa shape index (κ1) is 14.9. The van der Waals surface area contributed by atoms with E-state index in [0.717, 1.165) is 9.35 Å². The zero-order chi connectivity index (χ0) is 15.7. The molecule has 3 nitrogen and oxygen atoms in total. The van der Waals surface area contributed by atoms with E-state index in [0.29, 0.717) is 16.6 Å². The minimum atomic E-state index is -0.951. The topological polar surface area (TPSA) is 50.2 Å². The van der Waals surface area contributed by atoms with Gasteiger partial charge in [-0.2, -0.15) is 0 Å². The molecule has 3 aromatic rings. The summed E-state index contributed by atoms with van der Waals surface area (Å²) < 4.78 is 0.835. The first-order valence-corrected chi connectivity index (χ1v) is 8.27. The fourth-order valence-electron chi connectivity index (χ4n) is 2.20. The van der Waals surface area contributed by atoms with Crippen LogP contribution in [0.25, 0.3) is 23.1 Å². The maximum absolute atomic E-state index is 11.5. The van der Waals surface area contributed by atoms with Gasteiger partial charge in [-0.3, -0.25) is 0 Å². The van der Waals surface area contributed by atoms with E-state index in [1.54, 1.807) is 23.5 Å². The Morgan fingerprint density at radius 2 is 2.09 bits per heavy atom. The van der Waals surface area contributed by atoms with Crippen molar-refractivity contribution in [2.75, 3.05) is 0 Å². The molecule has 0 fully saturated rings. The molecule has 1 N–H and O–H groups in total. The highest BCUT2D eigenvalue weighted by Gasteiger charge is 2.11. The summed E-state index contributed by atoms with van der Waals surface area (Å²) in [6, 6.07) is 9.12. The summed E-state index contributed by atoms with van der Waals surface area (Å²) in [4.78, 5) is 17.2. The fraction of sp³-hybridized carbons (Fsp3) is 0.0588. The highest BCUT2D eigenvalue weighted by atomic mass is 79.9. The predicted molar refractivity (Wildman–Crippen MR) is 94.4 cm³/mol. The molecule has 110 valence electrons. The average Bonchev–Trinajstić information content (AvgIpc) is 2.89. The Morgan fingerprint density at radius 1 is 1.27 bits per heavy atom. The van der Waals surface area contributed by atoms with Crippen molar-refractivity contribution in [1.29, 1.82) is 0 Å². The van der Waals surface area contributed by atoms with E-state index in [2.05, 4.69) is 27.0 Å². The van der Waals surface area contributed by atoms with Crippen molar-refractivity contribution in [3.05, 3.63) is 61.9 Å². The number of carbonyl (C=O) groups is 1. The number of fused-ring (bicyclic) bond motifs is 1. The molecule has 3 rings (SSSR count). The van der Waals surface area contributed by atoms with Gasteiger partial charge in [-0.15, -0.1) is 11.3 Å². The van der Waals surface area contributed by atoms with Crippen LogP contribution in [0.3, 0.4) is 0 Å². The number of aromatic carboxylic acids is 1. The van der Waals surface area contributed by atoms with Crippen LogP contribution in [-0.2, 0) is 0 Å². The molecule has 0 aliphatic rings. The molecule has 0 radical (unpaired) electrons. The molecular weight excluding hydrogens is 362 g/mol. The summed E-state index contributed by atoms with van der Waals surface area (Å²) in [5.74, 6) is -0.951. The molecule has 0 atom stereocenters. The van der Waals surface area contributed by atoms with Gasteiger partial charge in [0.05, 0.1) is 16.8 Å². The Bertz CT molecular complexity index is 899. The fourth-order valence-corrected chi connectivity index (χ4v) is 3.38. The van der Waals surface area contributed by atoms with E-state index >= 15 is 0 Å². The quantitative estimate of drug-likeness (QED) is 0.683. The average molecular weight is 374 g/mol. The molecule has 2 aromatic heterocycles. The van der Waals surface area contributed by atoms with Gasteiger partial charge in [0.1, 0.15) is 0 Å². The number of benzene rings is 1. The standard InChI is InChI=1S/C17H12BrNO2S/c1-10-6-7-22-16(10)5-3-12-9-14(17(20)21)13-8-11(18)2-4-15(13)19-12/h2-9H,1H3,(H,20,21). The third kappa shape index (κ3) is 2.96. The number of halogens is 1. The highest BCUT2D eigenvalue weighted by molar-refractivity contribution is 9.10. The third-order valence-corrected chi connectivity index (χ3v) is 4.81. The number of aromatic nitrogens is 1. The molecule has 22 heavy (non-hydrogen) atoms. The summed E-state index contributed by atoms with van der Waals surface area (Å²) in [5, 5.41) is 12.1. The molecular formula is C17H12BrNO2S. The lowest BCUT2D eigenvalue weighted by atomic mass is 10.1. The first-order valence-electron chi connectivity index (χ1n) is 6.60. The van der Waals surface area contributed by atoms with Crippen LogP contribution in [0.1, 0.15) is 26.5 Å². The Hall–Kier alpha value is -1.98. The SMILES string of the molecule is Cc1ccsc1C=Cc1cc(C(=O)O)c2cc(Br)ccc2n1. The number of thiophene rings is 1. The predicted octanol–water partition coefficient (Wildman–Crippen LogP) is 5.24. The number of carboxylic acid groups (broad SMARTS) is 1. The van der Waals surface area contributed by atoms with Crippen LogP contribution in [0, 0.1) is 6.92 Å². The molecule has 0 aliphatic carbocycles. The second-order valence-corrected chi connectivity index (χ2v) is 6.73. The number of aryl methyl sites for hydroxylation is 1. The summed E-state index contributed by atoms with van der Waals surface area (Å²) in [6.07, 6.45) is 3.82. The van der Waals surface area contributed by atoms with Gasteiger partial charge in [-0.25, -0.2) is 9.78 Å². The van der Waals surface area contributed by atoms with Gasteiger partial charge >= 0.3 is 5.97 Å². The van der Waals surface area contributed by atoms with E-state index < -0.39 is 5.97 Å². The molecule has 0 aliphatic heterocycles. The minimum absolute atomic E-state index is 0.258. The molecule has 1 aromatic carbocycles. The lowest BCUT2D eigenvalue weighted by molar-refractivity contribution is 0.0699. The maximum atomic E-state index is 11.5. The summed E-state index contributed by atoms with van der Waals surface area (Å²) >= 11 is 5.01. The van der Waals surface area contributed by atoms with Crippen LogP contribution in [0.15, 0.2) is 40.2 Å². The second-order valence-electron chi connectivity index (χ2n) is 4.86. The van der Waals surface area contributed by atoms with Gasteiger partial charge in [0.25, 0.3) is 0 Å². The molecule has 0 unspecified atom stereocenters. The Labute approximate surface area is 140 Å². The zero-order valence-corrected chi connectivity index (χ0v) is 14.1. The van der Waals surface area contributed by atoms with E-state index in [9.17, 15) is 9.90 Å². The number of pyridine rings is 1. The summed E-state index contributed by atoms with van der Waals surface area (Å²) in [5.41, 5.74) is 2.77. The van der Waals surface area contributed by atoms with Gasteiger partial charge in [0, 0.05) is 14.7 Å². The largest absolute Gasteiger partial charge is 0.478 e. The second kappa shape index (κ2) is 6.02. The van der Waals surface area contributed by atoms with Crippen molar-refractivity contribution in [1.82, 2.24) is 4.98 Å². The Morgan fingerprint density at radius 3 is 2.77 bits per heavy atom. The van der Waals surface area contributed by atoms with E-state index in [1.807, 2.05) is 36.6 Å². The number of hydrogen-bond acceptors (Lipinski definition) is 3. The highest BCUT2D eigenvalue weighted by Crippen LogP contribution is 2.24.